The second-order valence-corrected chi connectivity index (χ2v) is 9.23. The summed E-state index contributed by atoms with van der Waals surface area (Å²) in [5.74, 6) is 0. The lowest BCUT2D eigenvalue weighted by Crippen LogP contribution is -2.77. The summed E-state index contributed by atoms with van der Waals surface area (Å²) in [6, 6.07) is -0.000186. The molecule has 0 aliphatic heterocycles. The lowest BCUT2D eigenvalue weighted by Gasteiger charge is -2.69. The number of halogens is 3. The van der Waals surface area contributed by atoms with Crippen molar-refractivity contribution >= 4 is 6.09 Å². The van der Waals surface area contributed by atoms with Crippen LogP contribution in [0.15, 0.2) is 12.5 Å². The van der Waals surface area contributed by atoms with Crippen LogP contribution in [0, 0.1) is 0 Å². The molecule has 9 heteroatoms. The molecule has 1 aromatic rings. The third kappa shape index (κ3) is 3.53. The number of rotatable bonds is 4. The van der Waals surface area contributed by atoms with Crippen molar-refractivity contribution in [2.24, 2.45) is 0 Å². The van der Waals surface area contributed by atoms with Gasteiger partial charge in [0.05, 0.1) is 18.1 Å². The number of nitrogens with zero attached hydrogens (tertiary/aromatic N) is 2. The van der Waals surface area contributed by atoms with E-state index in [1.165, 1.54) is 0 Å². The number of hydrogen-bond acceptors (Lipinski definition) is 4. The molecule has 6 nitrogen and oxygen atoms in total. The molecule has 0 spiro atoms. The normalized spacial score (nSPS) is 34.9. The van der Waals surface area contributed by atoms with E-state index in [1.54, 1.807) is 6.33 Å². The number of carbonyl (C=O) groups excluding carboxylic acids is 1. The first kappa shape index (κ1) is 18.6. The topological polar surface area (TPSA) is 65.4 Å². The molecule has 0 unspecified atom stereocenters. The van der Waals surface area contributed by atoms with Gasteiger partial charge in [-0.25, -0.2) is 9.78 Å². The van der Waals surface area contributed by atoms with Crippen LogP contribution in [0.5, 0.6) is 0 Å². The molecule has 0 saturated heterocycles. The molecule has 1 heterocycles. The molecule has 0 atom stereocenters. The second-order valence-electron chi connectivity index (χ2n) is 9.23. The number of carbonyl (C=O) groups is 1. The van der Waals surface area contributed by atoms with Crippen molar-refractivity contribution in [2.45, 2.75) is 87.9 Å². The van der Waals surface area contributed by atoms with Gasteiger partial charge >= 0.3 is 12.5 Å². The van der Waals surface area contributed by atoms with Gasteiger partial charge in [0, 0.05) is 23.2 Å². The number of alkyl halides is 3. The Labute approximate surface area is 155 Å². The highest BCUT2D eigenvalue weighted by molar-refractivity contribution is 5.70. The molecule has 4 aliphatic rings. The molecule has 150 valence electrons. The number of ether oxygens (including phenoxy) is 2. The summed E-state index contributed by atoms with van der Waals surface area (Å²) in [6.45, 7) is 5.48. The number of hydrogen-bond donors (Lipinski definition) is 1. The highest BCUT2D eigenvalue weighted by Gasteiger charge is 2.70. The van der Waals surface area contributed by atoms with Crippen LogP contribution in [0.1, 0.15) is 64.6 Å². The molecular weight excluding hydrogens is 363 g/mol. The van der Waals surface area contributed by atoms with Gasteiger partial charge in [0.25, 0.3) is 0 Å². The molecule has 1 aromatic heterocycles. The molecule has 27 heavy (non-hydrogen) atoms. The fourth-order valence-corrected chi connectivity index (χ4v) is 4.59. The number of aromatic nitrogens is 2. The third-order valence-corrected chi connectivity index (χ3v) is 5.73. The predicted octanol–water partition coefficient (Wildman–Crippen LogP) is 3.82. The molecule has 4 fully saturated rings. The van der Waals surface area contributed by atoms with Crippen molar-refractivity contribution in [1.29, 1.82) is 0 Å². The first-order valence-corrected chi connectivity index (χ1v) is 9.17. The van der Waals surface area contributed by atoms with Gasteiger partial charge in [-0.1, -0.05) is 0 Å². The first-order valence-electron chi connectivity index (χ1n) is 9.17. The van der Waals surface area contributed by atoms with Crippen LogP contribution in [0.25, 0.3) is 0 Å². The Morgan fingerprint density at radius 1 is 1.26 bits per heavy atom. The molecule has 2 bridgehead atoms. The zero-order valence-corrected chi connectivity index (χ0v) is 15.6. The average molecular weight is 387 g/mol. The Hall–Kier alpha value is -1.77. The summed E-state index contributed by atoms with van der Waals surface area (Å²) >= 11 is 0. The highest BCUT2D eigenvalue weighted by atomic mass is 19.4. The lowest BCUT2D eigenvalue weighted by molar-refractivity contribution is -0.353. The van der Waals surface area contributed by atoms with Crippen LogP contribution in [0.4, 0.5) is 18.0 Å². The van der Waals surface area contributed by atoms with Crippen molar-refractivity contribution in [1.82, 2.24) is 14.9 Å². The van der Waals surface area contributed by atoms with Gasteiger partial charge in [-0.2, -0.15) is 0 Å². The van der Waals surface area contributed by atoms with Gasteiger partial charge in [0.15, 0.2) is 0 Å². The minimum absolute atomic E-state index is 0.000186. The van der Waals surface area contributed by atoms with E-state index in [0.29, 0.717) is 12.8 Å². The Balaban J connectivity index is 1.28. The molecule has 4 saturated carbocycles. The van der Waals surface area contributed by atoms with Crippen molar-refractivity contribution in [2.75, 3.05) is 0 Å². The fourth-order valence-electron chi connectivity index (χ4n) is 4.59. The quantitative estimate of drug-likeness (QED) is 0.853. The van der Waals surface area contributed by atoms with Gasteiger partial charge in [-0.05, 0) is 52.9 Å². The number of amides is 1. The predicted molar refractivity (Wildman–Crippen MR) is 89.1 cm³/mol. The molecule has 0 aromatic carbocycles. The van der Waals surface area contributed by atoms with Crippen molar-refractivity contribution < 1.29 is 27.4 Å². The second kappa shape index (κ2) is 5.62. The Bertz CT molecular complexity index is 727. The smallest absolute Gasteiger partial charge is 0.444 e. The van der Waals surface area contributed by atoms with E-state index in [4.69, 9.17) is 4.74 Å². The maximum atomic E-state index is 12.2. The number of alkyl carbamates (subject to hydrolysis) is 1. The largest absolute Gasteiger partial charge is 0.522 e. The van der Waals surface area contributed by atoms with E-state index in [-0.39, 0.29) is 17.0 Å². The van der Waals surface area contributed by atoms with Gasteiger partial charge in [-0.15, -0.1) is 13.2 Å². The minimum atomic E-state index is -4.57. The van der Waals surface area contributed by atoms with Crippen LogP contribution >= 0.6 is 0 Å². The summed E-state index contributed by atoms with van der Waals surface area (Å²) in [5, 5.41) is 2.97. The van der Waals surface area contributed by atoms with E-state index in [1.807, 2.05) is 31.5 Å². The van der Waals surface area contributed by atoms with Crippen LogP contribution in [0.2, 0.25) is 0 Å². The van der Waals surface area contributed by atoms with Gasteiger partial charge in [-0.3, -0.25) is 4.74 Å². The van der Waals surface area contributed by atoms with Gasteiger partial charge in [0.2, 0.25) is 0 Å². The van der Waals surface area contributed by atoms with Crippen LogP contribution in [-0.4, -0.2) is 39.3 Å². The maximum absolute atomic E-state index is 12.2. The summed E-state index contributed by atoms with van der Waals surface area (Å²) in [6.07, 6.45) is 1.03. The van der Waals surface area contributed by atoms with E-state index in [0.717, 1.165) is 25.0 Å². The molecule has 4 aliphatic carbocycles. The van der Waals surface area contributed by atoms with Crippen molar-refractivity contribution in [3.05, 3.63) is 18.2 Å². The van der Waals surface area contributed by atoms with E-state index in [9.17, 15) is 18.0 Å². The molecule has 1 amide bonds. The number of nitrogens with one attached hydrogen (secondary N) is 1. The summed E-state index contributed by atoms with van der Waals surface area (Å²) in [4.78, 5) is 16.4. The fraction of sp³-hybridized carbons (Fsp3) is 0.778. The lowest BCUT2D eigenvalue weighted by atomic mass is 9.38. The molecule has 0 radical (unpaired) electrons. The highest BCUT2D eigenvalue weighted by Crippen LogP contribution is 2.67. The Kier molecular flexibility index (Phi) is 3.87. The Morgan fingerprint density at radius 3 is 2.44 bits per heavy atom. The zero-order chi connectivity index (χ0) is 19.7. The van der Waals surface area contributed by atoms with E-state index in [2.05, 4.69) is 15.0 Å². The third-order valence-electron chi connectivity index (χ3n) is 5.73. The first-order chi connectivity index (χ1) is 12.4. The summed E-state index contributed by atoms with van der Waals surface area (Å²) < 4.78 is 47.9. The van der Waals surface area contributed by atoms with Crippen LogP contribution in [-0.2, 0) is 14.9 Å². The Morgan fingerprint density at radius 2 is 1.89 bits per heavy atom. The monoisotopic (exact) mass is 387 g/mol. The van der Waals surface area contributed by atoms with Crippen LogP contribution in [0.3, 0.4) is 0 Å². The molecule has 1 N–H and O–H groups in total. The van der Waals surface area contributed by atoms with Gasteiger partial charge < -0.3 is 14.6 Å². The zero-order valence-electron chi connectivity index (χ0n) is 15.6. The summed E-state index contributed by atoms with van der Waals surface area (Å²) in [5.41, 5.74) is 0.205. The van der Waals surface area contributed by atoms with Crippen LogP contribution < -0.4 is 5.32 Å². The van der Waals surface area contributed by atoms with Gasteiger partial charge in [0.1, 0.15) is 5.60 Å². The van der Waals surface area contributed by atoms with Crippen molar-refractivity contribution in [3.8, 4) is 0 Å². The minimum Gasteiger partial charge on any atom is -0.444 e. The molecule has 5 rings (SSSR count). The molecular formula is C18H24F3N3O3. The standard InChI is InChI=1S/C18H24F3N3O3/c1-15(2,3)27-14(25)23-17-7-16(8-17,9-17)13-6-24(10-22-13)11-4-12(5-11)26-18(19,20)21/h6,10-12H,4-5,7-9H2,1-3H3,(H,23,25)/t11-,12+,16?,17?. The SMILES string of the molecule is CC(C)(C)OC(=O)NC12CC(c3cn([C@H]4C[C@@H](OC(F)(F)F)C4)cn3)(C1)C2. The van der Waals surface area contributed by atoms with E-state index >= 15 is 0 Å². The average Bonchev–Trinajstić information content (AvgIpc) is 2.81. The van der Waals surface area contributed by atoms with E-state index < -0.39 is 24.2 Å². The number of imidazole rings is 1. The maximum Gasteiger partial charge on any atom is 0.522 e. The summed E-state index contributed by atoms with van der Waals surface area (Å²) in [7, 11) is 0. The van der Waals surface area contributed by atoms with Crippen molar-refractivity contribution in [3.63, 3.8) is 0 Å².